The number of ether oxygens (including phenoxy) is 1. The van der Waals surface area contributed by atoms with Gasteiger partial charge in [0.05, 0.1) is 18.3 Å². The fraction of sp³-hybridized carbons (Fsp3) is 0.333. The summed E-state index contributed by atoms with van der Waals surface area (Å²) in [6.07, 6.45) is 0.765. The van der Waals surface area contributed by atoms with E-state index in [1.165, 1.54) is 11.1 Å². The number of anilines is 2. The first-order chi connectivity index (χ1) is 15.5. The molecule has 0 radical (unpaired) electrons. The first-order valence-corrected chi connectivity index (χ1v) is 11.4. The van der Waals surface area contributed by atoms with Gasteiger partial charge >= 0.3 is 0 Å². The molecule has 8 heteroatoms. The topological polar surface area (TPSA) is 77.8 Å². The van der Waals surface area contributed by atoms with Crippen molar-refractivity contribution in [3.8, 4) is 0 Å². The average molecular weight is 495 g/mol. The van der Waals surface area contributed by atoms with E-state index in [0.717, 1.165) is 16.6 Å². The number of rotatable bonds is 8. The Kier molecular flexibility index (Phi) is 6.81. The highest BCUT2D eigenvalue weighted by Crippen LogP contribution is 2.31. The van der Waals surface area contributed by atoms with Crippen LogP contribution in [-0.4, -0.2) is 38.7 Å². The largest absolute Gasteiger partial charge is 0.382 e. The van der Waals surface area contributed by atoms with Crippen LogP contribution in [0.25, 0.3) is 11.2 Å². The van der Waals surface area contributed by atoms with Crippen LogP contribution in [-0.2, 0) is 11.2 Å². The summed E-state index contributed by atoms with van der Waals surface area (Å²) in [6.45, 7) is 6.73. The van der Waals surface area contributed by atoms with Crippen LogP contribution >= 0.6 is 15.9 Å². The lowest BCUT2D eigenvalue weighted by Crippen LogP contribution is -2.19. The molecule has 4 rings (SSSR count). The fourth-order valence-electron chi connectivity index (χ4n) is 3.69. The van der Waals surface area contributed by atoms with Gasteiger partial charge in [-0.05, 0) is 58.5 Å². The quantitative estimate of drug-likeness (QED) is 0.344. The van der Waals surface area contributed by atoms with E-state index >= 15 is 0 Å². The third kappa shape index (κ3) is 4.81. The third-order valence-corrected chi connectivity index (χ3v) is 6.02. The molecular weight excluding hydrogens is 468 g/mol. The summed E-state index contributed by atoms with van der Waals surface area (Å²) in [6, 6.07) is 16.6. The van der Waals surface area contributed by atoms with Crippen molar-refractivity contribution in [2.75, 3.05) is 19.0 Å². The Morgan fingerprint density at radius 2 is 1.88 bits per heavy atom. The van der Waals surface area contributed by atoms with Gasteiger partial charge in [-0.2, -0.15) is 0 Å². The van der Waals surface area contributed by atoms with Crippen LogP contribution < -0.4 is 5.32 Å². The minimum atomic E-state index is -0.0355. The molecule has 0 saturated carbocycles. The van der Waals surface area contributed by atoms with Crippen LogP contribution in [0.1, 0.15) is 42.8 Å². The van der Waals surface area contributed by atoms with E-state index in [0.29, 0.717) is 35.3 Å². The van der Waals surface area contributed by atoms with Crippen molar-refractivity contribution in [1.82, 2.24) is 25.0 Å². The van der Waals surface area contributed by atoms with Crippen LogP contribution in [0.4, 0.5) is 11.5 Å². The second kappa shape index (κ2) is 9.75. The van der Waals surface area contributed by atoms with Gasteiger partial charge in [-0.25, -0.2) is 14.6 Å². The van der Waals surface area contributed by atoms with Gasteiger partial charge in [-0.3, -0.25) is 0 Å². The molecule has 2 heterocycles. The summed E-state index contributed by atoms with van der Waals surface area (Å²) in [5, 5.41) is 12.3. The van der Waals surface area contributed by atoms with Gasteiger partial charge in [0.25, 0.3) is 0 Å². The predicted molar refractivity (Wildman–Crippen MR) is 130 cm³/mol. The van der Waals surface area contributed by atoms with Crippen molar-refractivity contribution in [1.29, 1.82) is 0 Å². The minimum Gasteiger partial charge on any atom is -0.382 e. The van der Waals surface area contributed by atoms with Gasteiger partial charge in [-0.15, -0.1) is 5.10 Å². The Labute approximate surface area is 196 Å². The van der Waals surface area contributed by atoms with Crippen molar-refractivity contribution < 1.29 is 4.74 Å². The smallest absolute Gasteiger partial charge is 0.184 e. The van der Waals surface area contributed by atoms with Crippen molar-refractivity contribution >= 4 is 38.6 Å². The molecule has 32 heavy (non-hydrogen) atoms. The lowest BCUT2D eigenvalue weighted by molar-refractivity contribution is 0.150. The molecular formula is C24H27BrN6O. The van der Waals surface area contributed by atoms with E-state index in [2.05, 4.69) is 85.7 Å². The number of methoxy groups -OCH3 is 1. The van der Waals surface area contributed by atoms with E-state index in [1.54, 1.807) is 7.11 Å². The maximum Gasteiger partial charge on any atom is 0.184 e. The van der Waals surface area contributed by atoms with Gasteiger partial charge in [0.15, 0.2) is 17.0 Å². The number of halogens is 1. The predicted octanol–water partition coefficient (Wildman–Crippen LogP) is 5.59. The number of benzene rings is 2. The van der Waals surface area contributed by atoms with E-state index in [9.17, 15) is 0 Å². The highest BCUT2D eigenvalue weighted by Gasteiger charge is 2.21. The van der Waals surface area contributed by atoms with Gasteiger partial charge in [0, 0.05) is 11.6 Å². The zero-order valence-corrected chi connectivity index (χ0v) is 20.3. The molecule has 0 fully saturated rings. The maximum absolute atomic E-state index is 5.50. The zero-order chi connectivity index (χ0) is 22.7. The van der Waals surface area contributed by atoms with Crippen LogP contribution in [0.5, 0.6) is 0 Å². The maximum atomic E-state index is 5.50. The number of hydrogen-bond acceptors (Lipinski definition) is 6. The number of hydrogen-bond donors (Lipinski definition) is 1. The van der Waals surface area contributed by atoms with Crippen LogP contribution in [0.2, 0.25) is 0 Å². The number of aromatic nitrogens is 5. The number of aryl methyl sites for hydroxylation is 1. The van der Waals surface area contributed by atoms with Crippen LogP contribution in [0.3, 0.4) is 0 Å². The molecule has 2 aromatic heterocycles. The number of nitrogens with one attached hydrogen (secondary N) is 1. The molecule has 0 saturated heterocycles. The molecule has 166 valence electrons. The van der Waals surface area contributed by atoms with Crippen molar-refractivity contribution in [3.05, 3.63) is 70.0 Å². The van der Waals surface area contributed by atoms with Gasteiger partial charge in [-0.1, -0.05) is 55.5 Å². The molecule has 0 aliphatic heterocycles. The monoisotopic (exact) mass is 494 g/mol. The van der Waals surface area contributed by atoms with Gasteiger partial charge in [0.1, 0.15) is 5.82 Å². The Hall–Kier alpha value is -2.84. The third-order valence-electron chi connectivity index (χ3n) is 5.37. The average Bonchev–Trinajstić information content (AvgIpc) is 3.19. The number of nitrogens with zero attached hydrogens (tertiary/aromatic N) is 5. The van der Waals surface area contributed by atoms with E-state index < -0.39 is 0 Å². The molecule has 0 aliphatic rings. The standard InChI is InChI=1S/C24H27BrN6O/c1-15(2)18-10-11-21(20(25)13-18)28-23-22-24(27-16(3)26-23)31(30-29-22)19(14-32-4)12-17-8-6-5-7-9-17/h5-11,13,15,19H,12,14H2,1-4H3,(H,26,27,28). The molecule has 2 aromatic carbocycles. The molecule has 0 amide bonds. The highest BCUT2D eigenvalue weighted by molar-refractivity contribution is 9.10. The number of fused-ring (bicyclic) bond motifs is 1. The van der Waals surface area contributed by atoms with Crippen LogP contribution in [0, 0.1) is 6.92 Å². The SMILES string of the molecule is COCC(Cc1ccccc1)n1nnc2c(Nc3ccc(C(C)C)cc3Br)nc(C)nc21. The molecule has 0 spiro atoms. The fourth-order valence-corrected chi connectivity index (χ4v) is 4.18. The van der Waals surface area contributed by atoms with E-state index in [-0.39, 0.29) is 6.04 Å². The molecule has 1 N–H and O–H groups in total. The summed E-state index contributed by atoms with van der Waals surface area (Å²) in [5.74, 6) is 1.73. The zero-order valence-electron chi connectivity index (χ0n) is 18.7. The Bertz CT molecular complexity index is 1210. The van der Waals surface area contributed by atoms with E-state index in [1.807, 2.05) is 29.8 Å². The summed E-state index contributed by atoms with van der Waals surface area (Å²) in [4.78, 5) is 9.27. The van der Waals surface area contributed by atoms with Gasteiger partial charge < -0.3 is 10.1 Å². The summed E-state index contributed by atoms with van der Waals surface area (Å²) in [5.41, 5.74) is 4.70. The molecule has 1 atom stereocenters. The van der Waals surface area contributed by atoms with Crippen molar-refractivity contribution in [2.24, 2.45) is 0 Å². The molecule has 1 unspecified atom stereocenters. The Morgan fingerprint density at radius 1 is 1.09 bits per heavy atom. The highest BCUT2D eigenvalue weighted by atomic mass is 79.9. The summed E-state index contributed by atoms with van der Waals surface area (Å²) in [7, 11) is 1.70. The molecule has 4 aromatic rings. The lowest BCUT2D eigenvalue weighted by atomic mass is 10.0. The second-order valence-electron chi connectivity index (χ2n) is 8.14. The summed E-state index contributed by atoms with van der Waals surface area (Å²) >= 11 is 3.68. The Morgan fingerprint density at radius 3 is 2.56 bits per heavy atom. The Balaban J connectivity index is 1.70. The first kappa shape index (κ1) is 22.4. The molecule has 0 bridgehead atoms. The molecule has 0 aliphatic carbocycles. The van der Waals surface area contributed by atoms with Crippen molar-refractivity contribution in [3.63, 3.8) is 0 Å². The van der Waals surface area contributed by atoms with Gasteiger partial charge in [0.2, 0.25) is 0 Å². The minimum absolute atomic E-state index is 0.0355. The van der Waals surface area contributed by atoms with Crippen molar-refractivity contribution in [2.45, 2.75) is 39.2 Å². The second-order valence-corrected chi connectivity index (χ2v) is 9.00. The lowest BCUT2D eigenvalue weighted by Gasteiger charge is -2.17. The summed E-state index contributed by atoms with van der Waals surface area (Å²) < 4.78 is 8.32. The normalized spacial score (nSPS) is 12.4. The van der Waals surface area contributed by atoms with E-state index in [4.69, 9.17) is 4.74 Å². The van der Waals surface area contributed by atoms with Crippen LogP contribution in [0.15, 0.2) is 53.0 Å². The first-order valence-electron chi connectivity index (χ1n) is 10.6. The molecule has 7 nitrogen and oxygen atoms in total.